The normalized spacial score (nSPS) is 12.0. The van der Waals surface area contributed by atoms with E-state index in [-0.39, 0.29) is 5.78 Å². The van der Waals surface area contributed by atoms with Crippen molar-refractivity contribution in [2.24, 2.45) is 0 Å². The molecule has 0 aliphatic carbocycles. The molecule has 0 N–H and O–H groups in total. The van der Waals surface area contributed by atoms with E-state index >= 15 is 0 Å². The van der Waals surface area contributed by atoms with Gasteiger partial charge in [0, 0.05) is 12.2 Å². The average molecular weight is 238 g/mol. The highest BCUT2D eigenvalue weighted by atomic mass is 16.5. The van der Waals surface area contributed by atoms with Gasteiger partial charge in [0.15, 0.2) is 17.3 Å². The van der Waals surface area contributed by atoms with E-state index in [0.717, 1.165) is 0 Å². The van der Waals surface area contributed by atoms with Crippen molar-refractivity contribution in [1.82, 2.24) is 0 Å². The zero-order valence-electron chi connectivity index (χ0n) is 10.6. The maximum absolute atomic E-state index is 11.6. The molecule has 0 radical (unpaired) electrons. The van der Waals surface area contributed by atoms with E-state index in [1.54, 1.807) is 20.3 Å². The van der Waals surface area contributed by atoms with Crippen molar-refractivity contribution in [1.29, 1.82) is 0 Å². The summed E-state index contributed by atoms with van der Waals surface area (Å²) in [6.45, 7) is 3.81. The van der Waals surface area contributed by atoms with Crippen molar-refractivity contribution in [3.63, 3.8) is 0 Å². The molecule has 0 aromatic heterocycles. The van der Waals surface area contributed by atoms with E-state index in [2.05, 4.69) is 0 Å². The Morgan fingerprint density at radius 3 is 2.47 bits per heavy atom. The molecule has 17 heavy (non-hydrogen) atoms. The molecule has 0 bridgehead atoms. The number of hydrogen-bond acceptors (Lipinski definition) is 4. The van der Waals surface area contributed by atoms with Gasteiger partial charge in [-0.2, -0.15) is 0 Å². The molecular formula is C13H18O4. The molecule has 0 saturated carbocycles. The smallest absolute Gasteiger partial charge is 0.166 e. The van der Waals surface area contributed by atoms with Crippen molar-refractivity contribution < 1.29 is 19.0 Å². The minimum absolute atomic E-state index is 0.0570. The molecule has 1 atom stereocenters. The van der Waals surface area contributed by atoms with Gasteiger partial charge in [0.05, 0.1) is 14.2 Å². The Labute approximate surface area is 101 Å². The van der Waals surface area contributed by atoms with E-state index in [4.69, 9.17) is 14.2 Å². The monoisotopic (exact) mass is 238 g/mol. The van der Waals surface area contributed by atoms with E-state index in [9.17, 15) is 4.79 Å². The van der Waals surface area contributed by atoms with Crippen molar-refractivity contribution >= 4 is 5.78 Å². The number of hydrogen-bond donors (Lipinski definition) is 0. The predicted molar refractivity (Wildman–Crippen MR) is 64.6 cm³/mol. The Morgan fingerprint density at radius 1 is 1.29 bits per heavy atom. The van der Waals surface area contributed by atoms with Crippen molar-refractivity contribution in [3.8, 4) is 11.5 Å². The summed E-state index contributed by atoms with van der Waals surface area (Å²) in [6, 6.07) is 5.40. The van der Waals surface area contributed by atoms with Crippen LogP contribution >= 0.6 is 0 Å². The first-order valence-corrected chi connectivity index (χ1v) is 5.48. The largest absolute Gasteiger partial charge is 0.493 e. The van der Waals surface area contributed by atoms with Crippen molar-refractivity contribution in [2.75, 3.05) is 20.8 Å². The van der Waals surface area contributed by atoms with Crippen LogP contribution in [0.15, 0.2) is 18.2 Å². The minimum Gasteiger partial charge on any atom is -0.493 e. The SMILES string of the molecule is CCOC(C(C)=O)c1cccc(OC)c1OC. The number of carbonyl (C=O) groups excluding carboxylic acids is 1. The van der Waals surface area contributed by atoms with Crippen molar-refractivity contribution in [3.05, 3.63) is 23.8 Å². The quantitative estimate of drug-likeness (QED) is 0.763. The number of para-hydroxylation sites is 1. The Balaban J connectivity index is 3.22. The van der Waals surface area contributed by atoms with E-state index < -0.39 is 6.10 Å². The first kappa shape index (κ1) is 13.5. The fourth-order valence-corrected chi connectivity index (χ4v) is 1.71. The van der Waals surface area contributed by atoms with Gasteiger partial charge < -0.3 is 14.2 Å². The second kappa shape index (κ2) is 6.25. The van der Waals surface area contributed by atoms with Gasteiger partial charge in [-0.25, -0.2) is 0 Å². The van der Waals surface area contributed by atoms with Crippen LogP contribution in [0.25, 0.3) is 0 Å². The Morgan fingerprint density at radius 2 is 2.00 bits per heavy atom. The molecule has 4 nitrogen and oxygen atoms in total. The van der Waals surface area contributed by atoms with Gasteiger partial charge in [-0.3, -0.25) is 4.79 Å². The van der Waals surface area contributed by atoms with Crippen LogP contribution in [0.4, 0.5) is 0 Å². The number of carbonyl (C=O) groups is 1. The zero-order valence-corrected chi connectivity index (χ0v) is 10.6. The van der Waals surface area contributed by atoms with Crippen LogP contribution in [0.5, 0.6) is 11.5 Å². The van der Waals surface area contributed by atoms with Crippen LogP contribution in [0.2, 0.25) is 0 Å². The van der Waals surface area contributed by atoms with Gasteiger partial charge in [0.1, 0.15) is 6.10 Å². The van der Waals surface area contributed by atoms with Gasteiger partial charge in [0.2, 0.25) is 0 Å². The lowest BCUT2D eigenvalue weighted by molar-refractivity contribution is -0.128. The van der Waals surface area contributed by atoms with Crippen LogP contribution in [-0.4, -0.2) is 26.6 Å². The average Bonchev–Trinajstić information content (AvgIpc) is 2.34. The molecular weight excluding hydrogens is 220 g/mol. The summed E-state index contributed by atoms with van der Waals surface area (Å²) < 4.78 is 15.9. The number of ether oxygens (including phenoxy) is 3. The van der Waals surface area contributed by atoms with Gasteiger partial charge in [-0.05, 0) is 19.9 Å². The molecule has 94 valence electrons. The lowest BCUT2D eigenvalue weighted by atomic mass is 10.0. The maximum atomic E-state index is 11.6. The van der Waals surface area contributed by atoms with Crippen LogP contribution in [0.3, 0.4) is 0 Å². The number of ketones is 1. The lowest BCUT2D eigenvalue weighted by Gasteiger charge is -2.18. The molecule has 0 amide bonds. The van der Waals surface area contributed by atoms with Crippen LogP contribution < -0.4 is 9.47 Å². The maximum Gasteiger partial charge on any atom is 0.166 e. The van der Waals surface area contributed by atoms with E-state index in [0.29, 0.717) is 23.7 Å². The molecule has 0 aliphatic heterocycles. The van der Waals surface area contributed by atoms with Gasteiger partial charge in [-0.1, -0.05) is 12.1 Å². The summed E-state index contributed by atoms with van der Waals surface area (Å²) in [6.07, 6.45) is -0.606. The second-order valence-corrected chi connectivity index (χ2v) is 3.53. The standard InChI is InChI=1S/C13H18O4/c1-5-17-12(9(2)14)10-7-6-8-11(15-3)13(10)16-4/h6-8,12H,5H2,1-4H3. The molecule has 1 rings (SSSR count). The minimum atomic E-state index is -0.606. The molecule has 0 saturated heterocycles. The van der Waals surface area contributed by atoms with E-state index in [1.165, 1.54) is 6.92 Å². The molecule has 1 unspecified atom stereocenters. The second-order valence-electron chi connectivity index (χ2n) is 3.53. The molecule has 0 aliphatic rings. The number of Topliss-reactive ketones (excluding diaryl/α,β-unsaturated/α-hetero) is 1. The summed E-state index contributed by atoms with van der Waals surface area (Å²) >= 11 is 0. The summed E-state index contributed by atoms with van der Waals surface area (Å²) in [5.41, 5.74) is 0.696. The first-order chi connectivity index (χ1) is 8.15. The third kappa shape index (κ3) is 2.97. The van der Waals surface area contributed by atoms with Crippen LogP contribution in [0.1, 0.15) is 25.5 Å². The number of rotatable bonds is 6. The van der Waals surface area contributed by atoms with Crippen LogP contribution in [0, 0.1) is 0 Å². The Hall–Kier alpha value is -1.55. The third-order valence-electron chi connectivity index (χ3n) is 2.42. The molecule has 0 spiro atoms. The highest BCUT2D eigenvalue weighted by Gasteiger charge is 2.23. The Bertz CT molecular complexity index is 387. The number of benzene rings is 1. The first-order valence-electron chi connectivity index (χ1n) is 5.48. The topological polar surface area (TPSA) is 44.8 Å². The highest BCUT2D eigenvalue weighted by molar-refractivity contribution is 5.83. The van der Waals surface area contributed by atoms with Gasteiger partial charge >= 0.3 is 0 Å². The van der Waals surface area contributed by atoms with Crippen molar-refractivity contribution in [2.45, 2.75) is 20.0 Å². The van der Waals surface area contributed by atoms with E-state index in [1.807, 2.05) is 19.1 Å². The lowest BCUT2D eigenvalue weighted by Crippen LogP contribution is -2.14. The zero-order chi connectivity index (χ0) is 12.8. The van der Waals surface area contributed by atoms with Gasteiger partial charge in [0.25, 0.3) is 0 Å². The van der Waals surface area contributed by atoms with Gasteiger partial charge in [-0.15, -0.1) is 0 Å². The predicted octanol–water partition coefficient (Wildman–Crippen LogP) is 2.37. The Kier molecular flexibility index (Phi) is 4.97. The molecule has 1 aromatic carbocycles. The molecule has 1 aromatic rings. The fraction of sp³-hybridized carbons (Fsp3) is 0.462. The summed E-state index contributed by atoms with van der Waals surface area (Å²) in [5, 5.41) is 0. The summed E-state index contributed by atoms with van der Waals surface area (Å²) in [7, 11) is 3.11. The molecule has 0 heterocycles. The fourth-order valence-electron chi connectivity index (χ4n) is 1.71. The highest BCUT2D eigenvalue weighted by Crippen LogP contribution is 2.36. The number of methoxy groups -OCH3 is 2. The summed E-state index contributed by atoms with van der Waals surface area (Å²) in [4.78, 5) is 11.6. The third-order valence-corrected chi connectivity index (χ3v) is 2.42. The van der Waals surface area contributed by atoms with Crippen LogP contribution in [-0.2, 0) is 9.53 Å². The molecule has 0 fully saturated rings. The molecule has 4 heteroatoms. The summed E-state index contributed by atoms with van der Waals surface area (Å²) in [5.74, 6) is 1.08.